The van der Waals surface area contributed by atoms with Gasteiger partial charge in [0, 0.05) is 55.2 Å². The van der Waals surface area contributed by atoms with Gasteiger partial charge in [-0.1, -0.05) is 42.8 Å². The second kappa shape index (κ2) is 14.3. The van der Waals surface area contributed by atoms with Crippen molar-refractivity contribution in [3.05, 3.63) is 64.5 Å². The predicted octanol–water partition coefficient (Wildman–Crippen LogP) is 5.21. The van der Waals surface area contributed by atoms with E-state index in [1.807, 2.05) is 65.3 Å². The Kier molecular flexibility index (Phi) is 9.68. The van der Waals surface area contributed by atoms with Crippen molar-refractivity contribution < 1.29 is 19.2 Å². The number of para-hydroxylation sites is 1. The molecule has 4 aliphatic heterocycles. The fraction of sp³-hybridized carbons (Fsp3) is 0.514. The number of rotatable bonds is 7. The number of benzene rings is 2. The number of hydrogen-bond donors (Lipinski definition) is 2. The number of thiophene rings is 1. The quantitative estimate of drug-likeness (QED) is 0.359. The van der Waals surface area contributed by atoms with Crippen LogP contribution in [0.5, 0.6) is 0 Å². The second-order valence-electron chi connectivity index (χ2n) is 13.8. The first-order chi connectivity index (χ1) is 23.4. The topological polar surface area (TPSA) is 105 Å². The van der Waals surface area contributed by atoms with Crippen molar-refractivity contribution in [1.29, 1.82) is 0 Å². The Bertz CT molecular complexity index is 1670. The third-order valence-corrected chi connectivity index (χ3v) is 12.1. The third kappa shape index (κ3) is 6.80. The van der Waals surface area contributed by atoms with Crippen LogP contribution in [0.2, 0.25) is 0 Å². The van der Waals surface area contributed by atoms with Gasteiger partial charge in [-0.3, -0.25) is 14.4 Å². The summed E-state index contributed by atoms with van der Waals surface area (Å²) in [6, 6.07) is 15.2. The highest BCUT2D eigenvalue weighted by Crippen LogP contribution is 2.31. The first-order valence-corrected chi connectivity index (χ1v) is 18.4. The van der Waals surface area contributed by atoms with Crippen LogP contribution in [0.4, 0.5) is 10.5 Å². The van der Waals surface area contributed by atoms with Crippen LogP contribution in [0.15, 0.2) is 48.5 Å². The van der Waals surface area contributed by atoms with Gasteiger partial charge in [-0.2, -0.15) is 0 Å². The fourth-order valence-electron chi connectivity index (χ4n) is 8.02. The van der Waals surface area contributed by atoms with Gasteiger partial charge < -0.3 is 30.2 Å². The van der Waals surface area contributed by atoms with Crippen LogP contribution in [-0.4, -0.2) is 101 Å². The van der Waals surface area contributed by atoms with Crippen molar-refractivity contribution >= 4 is 50.9 Å². The number of urea groups is 1. The molecule has 5 amide bonds. The zero-order valence-corrected chi connectivity index (χ0v) is 28.6. The largest absolute Gasteiger partial charge is 0.342 e. The summed E-state index contributed by atoms with van der Waals surface area (Å²) in [4.78, 5) is 63.2. The van der Waals surface area contributed by atoms with Gasteiger partial charge in [-0.15, -0.1) is 11.3 Å². The molecule has 3 saturated heterocycles. The number of amides is 5. The Morgan fingerprint density at radius 3 is 2.27 bits per heavy atom. The maximum absolute atomic E-state index is 14.1. The Labute approximate surface area is 286 Å². The lowest BCUT2D eigenvalue weighted by molar-refractivity contribution is -0.140. The lowest BCUT2D eigenvalue weighted by atomic mass is 9.98. The average molecular weight is 671 g/mol. The van der Waals surface area contributed by atoms with Crippen LogP contribution in [0.25, 0.3) is 10.1 Å². The molecule has 0 aliphatic carbocycles. The Morgan fingerprint density at radius 1 is 0.854 bits per heavy atom. The molecule has 1 unspecified atom stereocenters. The number of aryl methyl sites for hydroxylation is 1. The molecule has 4 aliphatic rings. The number of nitrogens with one attached hydrogen (secondary N) is 2. The molecule has 1 aromatic heterocycles. The highest BCUT2D eigenvalue weighted by atomic mass is 32.1. The van der Waals surface area contributed by atoms with Crippen molar-refractivity contribution in [1.82, 2.24) is 24.9 Å². The van der Waals surface area contributed by atoms with E-state index in [2.05, 4.69) is 15.5 Å². The van der Waals surface area contributed by atoms with E-state index in [1.54, 1.807) is 4.90 Å². The van der Waals surface area contributed by atoms with Crippen LogP contribution in [0.1, 0.15) is 72.2 Å². The molecule has 10 nitrogen and oxygen atoms in total. The Hall–Kier alpha value is -3.96. The molecule has 0 spiro atoms. The molecule has 2 aromatic carbocycles. The van der Waals surface area contributed by atoms with Crippen LogP contribution >= 0.6 is 11.3 Å². The van der Waals surface area contributed by atoms with E-state index >= 15 is 0 Å². The van der Waals surface area contributed by atoms with Crippen molar-refractivity contribution in [2.75, 3.05) is 44.6 Å². The van der Waals surface area contributed by atoms with E-state index in [-0.39, 0.29) is 36.2 Å². The zero-order valence-electron chi connectivity index (χ0n) is 27.8. The minimum absolute atomic E-state index is 0.0247. The molecule has 0 bridgehead atoms. The number of likely N-dealkylation sites (tertiary alicyclic amines) is 3. The van der Waals surface area contributed by atoms with Gasteiger partial charge >= 0.3 is 6.03 Å². The van der Waals surface area contributed by atoms with Crippen molar-refractivity contribution in [3.63, 3.8) is 0 Å². The van der Waals surface area contributed by atoms with Gasteiger partial charge in [0.05, 0.1) is 11.3 Å². The molecule has 254 valence electrons. The highest BCUT2D eigenvalue weighted by molar-refractivity contribution is 7.21. The first-order valence-electron chi connectivity index (χ1n) is 17.6. The summed E-state index contributed by atoms with van der Waals surface area (Å²) in [7, 11) is 0. The summed E-state index contributed by atoms with van der Waals surface area (Å²) < 4.78 is 1.02. The van der Waals surface area contributed by atoms with Crippen molar-refractivity contribution in [2.45, 2.75) is 83.0 Å². The van der Waals surface area contributed by atoms with E-state index in [0.717, 1.165) is 52.8 Å². The smallest absolute Gasteiger partial charge is 0.322 e. The molecular formula is C37H46N6O4S. The lowest BCUT2D eigenvalue weighted by Gasteiger charge is -2.41. The molecule has 0 saturated carbocycles. The molecule has 11 heteroatoms. The first kappa shape index (κ1) is 32.6. The SMILES string of the molecule is Cc1c(C(=O)NC(CC(=O)N2CCC(N3Cc4ccccc4NC3=O)CC2)C(=O)N2CCC(N3CCCCC3)CC2)sc2ccccc12. The highest BCUT2D eigenvalue weighted by Gasteiger charge is 2.37. The number of carbonyl (C=O) groups excluding carboxylic acids is 4. The van der Waals surface area contributed by atoms with Gasteiger partial charge in [-0.05, 0) is 87.2 Å². The molecule has 7 rings (SSSR count). The van der Waals surface area contributed by atoms with Gasteiger partial charge in [0.25, 0.3) is 5.91 Å². The van der Waals surface area contributed by atoms with Crippen molar-refractivity contribution in [2.24, 2.45) is 0 Å². The van der Waals surface area contributed by atoms with Gasteiger partial charge in [0.1, 0.15) is 6.04 Å². The number of anilines is 1. The average Bonchev–Trinajstić information content (AvgIpc) is 3.47. The van der Waals surface area contributed by atoms with E-state index in [1.165, 1.54) is 30.6 Å². The number of nitrogens with zero attached hydrogens (tertiary/aromatic N) is 4. The summed E-state index contributed by atoms with van der Waals surface area (Å²) >= 11 is 1.42. The molecule has 5 heterocycles. The van der Waals surface area contributed by atoms with Crippen LogP contribution in [0.3, 0.4) is 0 Å². The summed E-state index contributed by atoms with van der Waals surface area (Å²) in [6.45, 7) is 7.02. The predicted molar refractivity (Wildman–Crippen MR) is 188 cm³/mol. The Morgan fingerprint density at radius 2 is 1.52 bits per heavy atom. The van der Waals surface area contributed by atoms with Crippen LogP contribution in [0, 0.1) is 6.92 Å². The number of carbonyl (C=O) groups is 4. The summed E-state index contributed by atoms with van der Waals surface area (Å²) in [6.07, 6.45) is 6.85. The second-order valence-corrected chi connectivity index (χ2v) is 14.8. The minimum atomic E-state index is -0.941. The minimum Gasteiger partial charge on any atom is -0.342 e. The molecule has 3 aromatic rings. The van der Waals surface area contributed by atoms with Gasteiger partial charge in [0.15, 0.2) is 0 Å². The van der Waals surface area contributed by atoms with E-state index in [4.69, 9.17) is 0 Å². The van der Waals surface area contributed by atoms with Gasteiger partial charge in [0.2, 0.25) is 11.8 Å². The maximum Gasteiger partial charge on any atom is 0.322 e. The van der Waals surface area contributed by atoms with E-state index in [0.29, 0.717) is 56.5 Å². The van der Waals surface area contributed by atoms with Gasteiger partial charge in [-0.25, -0.2) is 4.79 Å². The molecular weight excluding hydrogens is 625 g/mol. The monoisotopic (exact) mass is 670 g/mol. The zero-order chi connectivity index (χ0) is 33.2. The molecule has 48 heavy (non-hydrogen) atoms. The summed E-state index contributed by atoms with van der Waals surface area (Å²) in [5.41, 5.74) is 2.83. The van der Waals surface area contributed by atoms with E-state index in [9.17, 15) is 19.2 Å². The number of fused-ring (bicyclic) bond motifs is 2. The molecule has 3 fully saturated rings. The van der Waals surface area contributed by atoms with Crippen molar-refractivity contribution in [3.8, 4) is 0 Å². The summed E-state index contributed by atoms with van der Waals surface area (Å²) in [5.74, 6) is -0.624. The number of hydrogen-bond acceptors (Lipinski definition) is 6. The van der Waals surface area contributed by atoms with E-state index < -0.39 is 6.04 Å². The molecule has 0 radical (unpaired) electrons. The maximum atomic E-state index is 14.1. The van der Waals surface area contributed by atoms with Crippen LogP contribution in [-0.2, 0) is 16.1 Å². The lowest BCUT2D eigenvalue weighted by Crippen LogP contribution is -2.55. The summed E-state index contributed by atoms with van der Waals surface area (Å²) in [5, 5.41) is 7.04. The number of piperidine rings is 3. The molecule has 2 N–H and O–H groups in total. The third-order valence-electron chi connectivity index (χ3n) is 10.8. The Balaban J connectivity index is 1.01. The fourth-order valence-corrected chi connectivity index (χ4v) is 9.13. The normalized spacial score (nSPS) is 20.4. The molecule has 1 atom stereocenters. The van der Waals surface area contributed by atoms with Crippen LogP contribution < -0.4 is 10.6 Å². The standard InChI is InChI=1S/C37H46N6O4S/c1-25-29-10-4-6-12-32(29)48-34(25)35(45)38-31(36(46)42-21-13-27(14-22-42)40-17-7-2-8-18-40)23-33(44)41-19-15-28(16-20-41)43-24-26-9-3-5-11-30(26)39-37(43)47/h3-6,9-12,27-28,31H,2,7-8,13-24H2,1H3,(H,38,45)(H,39,47).